The Morgan fingerprint density at radius 2 is 1.84 bits per heavy atom. The van der Waals surface area contributed by atoms with Gasteiger partial charge in [0, 0.05) is 56.2 Å². The van der Waals surface area contributed by atoms with Gasteiger partial charge in [-0.15, -0.1) is 0 Å². The number of urea groups is 1. The van der Waals surface area contributed by atoms with Crippen molar-refractivity contribution in [2.24, 2.45) is 11.8 Å². The Hall–Kier alpha value is -3.93. The molecule has 2 N–H and O–H groups in total. The number of anilines is 1. The van der Waals surface area contributed by atoms with Gasteiger partial charge in [-0.2, -0.15) is 0 Å². The highest BCUT2D eigenvalue weighted by Crippen LogP contribution is 2.38. The predicted octanol–water partition coefficient (Wildman–Crippen LogP) is 4.94. The zero-order chi connectivity index (χ0) is 30.2. The zero-order valence-electron chi connectivity index (χ0n) is 25.0. The summed E-state index contributed by atoms with van der Waals surface area (Å²) in [6.45, 7) is 11.1. The van der Waals surface area contributed by atoms with E-state index in [2.05, 4.69) is 50.7 Å². The third-order valence-corrected chi connectivity index (χ3v) is 8.91. The smallest absolute Gasteiger partial charge is 0.338 e. The van der Waals surface area contributed by atoms with E-state index < -0.39 is 5.76 Å². The molecular weight excluding hydrogens is 570 g/mol. The Bertz CT molecular complexity index is 1660. The summed E-state index contributed by atoms with van der Waals surface area (Å²) in [6.07, 6.45) is 8.03. The average molecular weight is 608 g/mol. The van der Waals surface area contributed by atoms with Crippen LogP contribution in [0, 0.1) is 11.8 Å². The van der Waals surface area contributed by atoms with Crippen molar-refractivity contribution in [1.29, 1.82) is 0 Å². The Morgan fingerprint density at radius 3 is 2.49 bits per heavy atom. The highest BCUT2D eigenvalue weighted by Gasteiger charge is 2.36. The first-order chi connectivity index (χ1) is 20.7. The number of pyridine rings is 2. The Kier molecular flexibility index (Phi) is 8.13. The topological polar surface area (TPSA) is 138 Å². The number of carbonyl (C=O) groups is 1. The van der Waals surface area contributed by atoms with E-state index in [-0.39, 0.29) is 23.9 Å². The fraction of sp³-hybridized carbons (Fsp3) is 0.533. The molecule has 1 saturated carbocycles. The van der Waals surface area contributed by atoms with Gasteiger partial charge in [0.05, 0.1) is 21.7 Å². The van der Waals surface area contributed by atoms with Gasteiger partial charge in [0.25, 0.3) is 0 Å². The molecule has 4 aromatic rings. The van der Waals surface area contributed by atoms with E-state index in [9.17, 15) is 9.59 Å². The highest BCUT2D eigenvalue weighted by molar-refractivity contribution is 6.30. The number of fused-ring (bicyclic) bond motifs is 1. The van der Waals surface area contributed by atoms with Crippen LogP contribution in [0.3, 0.4) is 0 Å². The predicted molar refractivity (Wildman–Crippen MR) is 165 cm³/mol. The maximum absolute atomic E-state index is 12.7. The van der Waals surface area contributed by atoms with Crippen molar-refractivity contribution >= 4 is 34.6 Å². The van der Waals surface area contributed by atoms with Crippen molar-refractivity contribution < 1.29 is 9.32 Å². The molecule has 1 aliphatic carbocycles. The summed E-state index contributed by atoms with van der Waals surface area (Å²) in [5, 5.41) is 7.32. The molecule has 2 aliphatic rings. The van der Waals surface area contributed by atoms with Gasteiger partial charge in [0.1, 0.15) is 5.69 Å². The maximum Gasteiger partial charge on any atom is 0.439 e. The lowest BCUT2D eigenvalue weighted by Gasteiger charge is -2.45. The van der Waals surface area contributed by atoms with Gasteiger partial charge >= 0.3 is 11.8 Å². The number of piperazine rings is 1. The summed E-state index contributed by atoms with van der Waals surface area (Å²) in [7, 11) is 0. The molecule has 1 aliphatic heterocycles. The van der Waals surface area contributed by atoms with Crippen LogP contribution in [0.25, 0.3) is 33.8 Å². The third-order valence-electron chi connectivity index (χ3n) is 8.71. The van der Waals surface area contributed by atoms with E-state index in [4.69, 9.17) is 26.1 Å². The van der Waals surface area contributed by atoms with E-state index in [0.717, 1.165) is 42.3 Å². The first-order valence-electron chi connectivity index (χ1n) is 15.1. The average Bonchev–Trinajstić information content (AvgIpc) is 3.57. The van der Waals surface area contributed by atoms with Gasteiger partial charge in [-0.1, -0.05) is 36.5 Å². The molecule has 0 spiro atoms. The molecule has 0 aromatic carbocycles. The number of rotatable bonds is 6. The minimum Gasteiger partial charge on any atom is -0.338 e. The Morgan fingerprint density at radius 1 is 1.09 bits per heavy atom. The quantitative estimate of drug-likeness (QED) is 0.314. The number of imidazole rings is 1. The molecule has 13 heteroatoms. The summed E-state index contributed by atoms with van der Waals surface area (Å²) in [5.74, 6) is 1.63. The van der Waals surface area contributed by atoms with Crippen molar-refractivity contribution in [2.45, 2.75) is 72.0 Å². The van der Waals surface area contributed by atoms with Crippen LogP contribution in [-0.4, -0.2) is 72.3 Å². The molecule has 43 heavy (non-hydrogen) atoms. The second kappa shape index (κ2) is 12.0. The molecule has 228 valence electrons. The molecule has 1 saturated heterocycles. The van der Waals surface area contributed by atoms with Gasteiger partial charge in [-0.3, -0.25) is 14.5 Å². The maximum atomic E-state index is 12.7. The van der Waals surface area contributed by atoms with Crippen LogP contribution in [-0.2, 0) is 6.54 Å². The normalized spacial score (nSPS) is 22.7. The summed E-state index contributed by atoms with van der Waals surface area (Å²) in [6, 6.07) is 3.67. The Balaban J connectivity index is 1.53. The number of hydrogen-bond donors (Lipinski definition) is 2. The van der Waals surface area contributed by atoms with Crippen molar-refractivity contribution in [3.63, 3.8) is 0 Å². The van der Waals surface area contributed by atoms with Gasteiger partial charge in [-0.25, -0.2) is 19.6 Å². The lowest BCUT2D eigenvalue weighted by atomic mass is 9.83. The fourth-order valence-electron chi connectivity index (χ4n) is 6.63. The fourth-order valence-corrected chi connectivity index (χ4v) is 6.81. The minimum absolute atomic E-state index is 0.0175. The molecule has 2 amide bonds. The number of hydrogen-bond acceptors (Lipinski definition) is 8. The number of halogens is 1. The number of H-pyrrole nitrogens is 1. The van der Waals surface area contributed by atoms with Crippen LogP contribution in [0.2, 0.25) is 5.02 Å². The SMILES string of the molecule is CCNC(=O)N1CC(C)N(c2nc3cc(-c4noc(=O)[nH]4)nc(-c4cncc(Cl)c4)c3n2CC2CCC(C)CC2)[C@H](C)C1. The summed E-state index contributed by atoms with van der Waals surface area (Å²) in [5.41, 5.74) is 3.40. The van der Waals surface area contributed by atoms with Crippen LogP contribution in [0.15, 0.2) is 33.8 Å². The van der Waals surface area contributed by atoms with E-state index in [1.54, 1.807) is 12.4 Å². The van der Waals surface area contributed by atoms with E-state index in [1.807, 2.05) is 24.0 Å². The second-order valence-electron chi connectivity index (χ2n) is 12.1. The molecule has 0 bridgehead atoms. The number of amides is 2. The van der Waals surface area contributed by atoms with Crippen LogP contribution in [0.4, 0.5) is 10.7 Å². The molecule has 5 heterocycles. The molecule has 12 nitrogen and oxygen atoms in total. The summed E-state index contributed by atoms with van der Waals surface area (Å²) >= 11 is 6.41. The van der Waals surface area contributed by atoms with Crippen LogP contribution < -0.4 is 16.0 Å². The standard InChI is InChI=1S/C30H38ClN9O3/c1-5-33-29(41)38-14-18(3)40(19(4)15-38)28-35-23-11-24(27-36-30(42)43-37-27)34-25(21-10-22(31)13-32-12-21)26(23)39(28)16-20-8-6-17(2)7-9-20/h10-13,17-20H,5-9,14-16H2,1-4H3,(H,33,41)(H,36,37,42)/t17?,18-,19?,20?/m1/s1. The monoisotopic (exact) mass is 607 g/mol. The van der Waals surface area contributed by atoms with Crippen molar-refractivity contribution in [3.05, 3.63) is 40.1 Å². The molecule has 1 unspecified atom stereocenters. The number of nitrogens with zero attached hydrogens (tertiary/aromatic N) is 7. The van der Waals surface area contributed by atoms with Crippen molar-refractivity contribution in [2.75, 3.05) is 24.5 Å². The second-order valence-corrected chi connectivity index (χ2v) is 12.5. The minimum atomic E-state index is -0.659. The molecule has 0 radical (unpaired) electrons. The molecular formula is C30H38ClN9O3. The first kappa shape index (κ1) is 29.2. The van der Waals surface area contributed by atoms with Crippen molar-refractivity contribution in [1.82, 2.24) is 39.9 Å². The van der Waals surface area contributed by atoms with Gasteiger partial charge < -0.3 is 19.7 Å². The van der Waals surface area contributed by atoms with E-state index in [0.29, 0.717) is 47.5 Å². The van der Waals surface area contributed by atoms with E-state index >= 15 is 0 Å². The molecule has 2 atom stereocenters. The number of aromatic nitrogens is 6. The van der Waals surface area contributed by atoms with Gasteiger partial charge in [0.15, 0.2) is 0 Å². The summed E-state index contributed by atoms with van der Waals surface area (Å²) < 4.78 is 7.11. The molecule has 2 fully saturated rings. The lowest BCUT2D eigenvalue weighted by molar-refractivity contribution is 0.176. The third kappa shape index (κ3) is 5.84. The lowest BCUT2D eigenvalue weighted by Crippen LogP contribution is -2.60. The largest absolute Gasteiger partial charge is 0.439 e. The highest BCUT2D eigenvalue weighted by atomic mass is 35.5. The van der Waals surface area contributed by atoms with Crippen LogP contribution in [0.5, 0.6) is 0 Å². The van der Waals surface area contributed by atoms with Crippen LogP contribution >= 0.6 is 11.6 Å². The number of aromatic amines is 1. The molecule has 4 aromatic heterocycles. The number of carbonyl (C=O) groups excluding carboxylic acids is 1. The molecule has 6 rings (SSSR count). The zero-order valence-corrected chi connectivity index (χ0v) is 25.8. The van der Waals surface area contributed by atoms with Crippen molar-refractivity contribution in [3.8, 4) is 22.8 Å². The van der Waals surface area contributed by atoms with Gasteiger partial charge in [-0.05, 0) is 57.6 Å². The summed E-state index contributed by atoms with van der Waals surface area (Å²) in [4.78, 5) is 46.0. The van der Waals surface area contributed by atoms with Crippen LogP contribution in [0.1, 0.15) is 53.4 Å². The first-order valence-corrected chi connectivity index (χ1v) is 15.5. The van der Waals surface area contributed by atoms with E-state index in [1.165, 1.54) is 12.8 Å². The van der Waals surface area contributed by atoms with Gasteiger partial charge in [0.2, 0.25) is 11.8 Å². The Labute approximate surface area is 254 Å². The number of nitrogens with one attached hydrogen (secondary N) is 2.